The molecule has 4 nitrogen and oxygen atoms in total. The Kier molecular flexibility index (Phi) is 6.11. The second-order valence-corrected chi connectivity index (χ2v) is 2.54. The normalized spacial score (nSPS) is 12.3. The highest BCUT2D eigenvalue weighted by Crippen LogP contribution is 2.18. The van der Waals surface area contributed by atoms with E-state index < -0.39 is 0 Å². The number of ether oxygens (including phenoxy) is 2. The summed E-state index contributed by atoms with van der Waals surface area (Å²) in [5.74, 6) is -0.499. The van der Waals surface area contributed by atoms with Crippen LogP contribution in [0, 0.1) is 0 Å². The van der Waals surface area contributed by atoms with Crippen LogP contribution in [0.5, 0.6) is 0 Å². The summed E-state index contributed by atoms with van der Waals surface area (Å²) in [6.45, 7) is 4.48. The molecule has 14 heavy (non-hydrogen) atoms. The van der Waals surface area contributed by atoms with Crippen LogP contribution in [-0.2, 0) is 19.1 Å². The molecule has 1 aliphatic carbocycles. The average molecular weight is 198 g/mol. The van der Waals surface area contributed by atoms with E-state index in [1.54, 1.807) is 0 Å². The molecule has 1 aliphatic rings. The van der Waals surface area contributed by atoms with E-state index in [2.05, 4.69) is 16.1 Å². The molecular weight excluding hydrogens is 184 g/mol. The zero-order chi connectivity index (χ0) is 11.0. The van der Waals surface area contributed by atoms with Gasteiger partial charge in [-0.1, -0.05) is 12.7 Å². The van der Waals surface area contributed by atoms with Gasteiger partial charge in [-0.3, -0.25) is 4.79 Å². The Hall–Kier alpha value is -1.58. The SMILES string of the molecule is C=COC(C)=O.COC(=O)C1=CCC1. The van der Waals surface area contributed by atoms with E-state index in [0.717, 1.165) is 24.7 Å². The van der Waals surface area contributed by atoms with E-state index in [1.807, 2.05) is 6.08 Å². The van der Waals surface area contributed by atoms with E-state index in [9.17, 15) is 9.59 Å². The number of allylic oxidation sites excluding steroid dienone is 1. The summed E-state index contributed by atoms with van der Waals surface area (Å²) in [6.07, 6.45) is 4.92. The lowest BCUT2D eigenvalue weighted by Gasteiger charge is -2.09. The number of hydrogen-bond acceptors (Lipinski definition) is 4. The van der Waals surface area contributed by atoms with Crippen molar-refractivity contribution in [1.29, 1.82) is 0 Å². The molecule has 0 N–H and O–H groups in total. The van der Waals surface area contributed by atoms with Crippen molar-refractivity contribution >= 4 is 11.9 Å². The molecule has 0 bridgehead atoms. The third-order valence-corrected chi connectivity index (χ3v) is 1.50. The van der Waals surface area contributed by atoms with Crippen LogP contribution in [0.4, 0.5) is 0 Å². The van der Waals surface area contributed by atoms with Gasteiger partial charge in [0.05, 0.1) is 13.4 Å². The fourth-order valence-electron chi connectivity index (χ4n) is 0.723. The maximum atomic E-state index is 10.5. The maximum absolute atomic E-state index is 10.5. The van der Waals surface area contributed by atoms with Crippen LogP contribution in [0.2, 0.25) is 0 Å². The topological polar surface area (TPSA) is 52.6 Å². The highest BCUT2D eigenvalue weighted by Gasteiger charge is 2.13. The smallest absolute Gasteiger partial charge is 0.333 e. The van der Waals surface area contributed by atoms with Gasteiger partial charge in [-0.25, -0.2) is 4.79 Å². The minimum absolute atomic E-state index is 0.170. The lowest BCUT2D eigenvalue weighted by atomic mass is 10.00. The van der Waals surface area contributed by atoms with Crippen LogP contribution in [-0.4, -0.2) is 19.0 Å². The summed E-state index contributed by atoms with van der Waals surface area (Å²) in [7, 11) is 1.40. The molecule has 1 rings (SSSR count). The second-order valence-electron chi connectivity index (χ2n) is 2.54. The molecule has 0 heterocycles. The summed E-state index contributed by atoms with van der Waals surface area (Å²) in [5.41, 5.74) is 0.826. The minimum Gasteiger partial charge on any atom is -0.466 e. The van der Waals surface area contributed by atoms with Gasteiger partial charge in [0.1, 0.15) is 0 Å². The quantitative estimate of drug-likeness (QED) is 0.499. The fourth-order valence-corrected chi connectivity index (χ4v) is 0.723. The van der Waals surface area contributed by atoms with E-state index in [-0.39, 0.29) is 11.9 Å². The molecule has 78 valence electrons. The van der Waals surface area contributed by atoms with Crippen molar-refractivity contribution in [3.8, 4) is 0 Å². The lowest BCUT2D eigenvalue weighted by molar-refractivity contribution is -0.137. The predicted molar refractivity (Wildman–Crippen MR) is 51.3 cm³/mol. The van der Waals surface area contributed by atoms with Gasteiger partial charge in [-0.15, -0.1) is 0 Å². The molecule has 0 fully saturated rings. The van der Waals surface area contributed by atoms with Gasteiger partial charge in [0.2, 0.25) is 0 Å². The van der Waals surface area contributed by atoms with Crippen molar-refractivity contribution in [2.45, 2.75) is 19.8 Å². The third kappa shape index (κ3) is 5.13. The number of esters is 2. The Balaban J connectivity index is 0.000000255. The van der Waals surface area contributed by atoms with Crippen LogP contribution < -0.4 is 0 Å². The van der Waals surface area contributed by atoms with Crippen LogP contribution in [0.15, 0.2) is 24.5 Å². The third-order valence-electron chi connectivity index (χ3n) is 1.50. The largest absolute Gasteiger partial charge is 0.466 e. The molecule has 0 aromatic rings. The molecule has 0 aromatic heterocycles. The van der Waals surface area contributed by atoms with Crippen molar-refractivity contribution in [3.05, 3.63) is 24.5 Å². The summed E-state index contributed by atoms with van der Waals surface area (Å²) in [4.78, 5) is 20.3. The Labute approximate surface area is 83.2 Å². The maximum Gasteiger partial charge on any atom is 0.333 e. The first-order valence-corrected chi connectivity index (χ1v) is 4.17. The Morgan fingerprint density at radius 2 is 2.14 bits per heavy atom. The average Bonchev–Trinajstić information content (AvgIpc) is 2.01. The lowest BCUT2D eigenvalue weighted by Crippen LogP contribution is -2.09. The Morgan fingerprint density at radius 3 is 2.21 bits per heavy atom. The summed E-state index contributed by atoms with van der Waals surface area (Å²) >= 11 is 0. The molecule has 0 unspecified atom stereocenters. The minimum atomic E-state index is -0.329. The van der Waals surface area contributed by atoms with Gasteiger partial charge in [0.25, 0.3) is 0 Å². The first-order valence-electron chi connectivity index (χ1n) is 4.17. The fraction of sp³-hybridized carbons (Fsp3) is 0.400. The molecule has 0 saturated heterocycles. The molecular formula is C10H14O4. The van der Waals surface area contributed by atoms with E-state index >= 15 is 0 Å². The van der Waals surface area contributed by atoms with Gasteiger partial charge in [0.15, 0.2) is 0 Å². The molecule has 0 radical (unpaired) electrons. The van der Waals surface area contributed by atoms with Gasteiger partial charge < -0.3 is 9.47 Å². The highest BCUT2D eigenvalue weighted by atomic mass is 16.5. The second kappa shape index (κ2) is 6.88. The Bertz CT molecular complexity index is 253. The van der Waals surface area contributed by atoms with Gasteiger partial charge >= 0.3 is 11.9 Å². The van der Waals surface area contributed by atoms with Crippen LogP contribution >= 0.6 is 0 Å². The van der Waals surface area contributed by atoms with Gasteiger partial charge in [0, 0.05) is 12.5 Å². The molecule has 0 aromatic carbocycles. The zero-order valence-corrected chi connectivity index (χ0v) is 8.41. The van der Waals surface area contributed by atoms with Gasteiger partial charge in [-0.2, -0.15) is 0 Å². The molecule has 0 saturated carbocycles. The standard InChI is InChI=1S/C6H8O2.C4H6O2/c1-8-6(7)5-3-2-4-5;1-3-6-4(2)5/h3H,2,4H2,1H3;3H,1H2,2H3. The number of rotatable bonds is 2. The molecule has 4 heteroatoms. The zero-order valence-electron chi connectivity index (χ0n) is 8.41. The van der Waals surface area contributed by atoms with Crippen molar-refractivity contribution in [2.24, 2.45) is 0 Å². The van der Waals surface area contributed by atoms with Crippen LogP contribution in [0.3, 0.4) is 0 Å². The van der Waals surface area contributed by atoms with Crippen LogP contribution in [0.25, 0.3) is 0 Å². The number of carbonyl (C=O) groups excluding carboxylic acids is 2. The first-order chi connectivity index (χ1) is 6.61. The number of carbonyl (C=O) groups is 2. The van der Waals surface area contributed by atoms with E-state index in [0.29, 0.717) is 0 Å². The van der Waals surface area contributed by atoms with E-state index in [4.69, 9.17) is 0 Å². The highest BCUT2D eigenvalue weighted by molar-refractivity contribution is 5.89. The summed E-state index contributed by atoms with van der Waals surface area (Å²) in [6, 6.07) is 0. The van der Waals surface area contributed by atoms with Gasteiger partial charge in [-0.05, 0) is 12.8 Å². The van der Waals surface area contributed by atoms with Crippen molar-refractivity contribution in [2.75, 3.05) is 7.11 Å². The van der Waals surface area contributed by atoms with Crippen molar-refractivity contribution in [1.82, 2.24) is 0 Å². The monoisotopic (exact) mass is 198 g/mol. The number of hydrogen-bond donors (Lipinski definition) is 0. The molecule has 0 amide bonds. The molecule has 0 atom stereocenters. The predicted octanol–water partition coefficient (Wildman–Crippen LogP) is 1.57. The van der Waals surface area contributed by atoms with Crippen LogP contribution in [0.1, 0.15) is 19.8 Å². The first kappa shape index (κ1) is 12.4. The number of methoxy groups -OCH3 is 1. The molecule has 0 spiro atoms. The summed E-state index contributed by atoms with van der Waals surface area (Å²) < 4.78 is 8.61. The van der Waals surface area contributed by atoms with Crippen molar-refractivity contribution < 1.29 is 19.1 Å². The van der Waals surface area contributed by atoms with Crippen molar-refractivity contribution in [3.63, 3.8) is 0 Å². The summed E-state index contributed by atoms with van der Waals surface area (Å²) in [5, 5.41) is 0. The van der Waals surface area contributed by atoms with E-state index in [1.165, 1.54) is 14.0 Å². The molecule has 0 aliphatic heterocycles. The Morgan fingerprint density at radius 1 is 1.57 bits per heavy atom.